The van der Waals surface area contributed by atoms with E-state index in [1.807, 2.05) is 6.92 Å². The lowest BCUT2D eigenvalue weighted by Gasteiger charge is -2.17. The molecule has 3 aromatic carbocycles. The van der Waals surface area contributed by atoms with Crippen molar-refractivity contribution < 1.29 is 37.1 Å². The Labute approximate surface area is 237 Å². The van der Waals surface area contributed by atoms with Crippen molar-refractivity contribution in [2.24, 2.45) is 0 Å². The van der Waals surface area contributed by atoms with Crippen LogP contribution < -0.4 is 15.5 Å². The number of hydrogen-bond donors (Lipinski definition) is 2. The minimum atomic E-state index is -4.66. The van der Waals surface area contributed by atoms with Gasteiger partial charge in [0.2, 0.25) is 5.91 Å². The fourth-order valence-corrected chi connectivity index (χ4v) is 4.09. The van der Waals surface area contributed by atoms with Gasteiger partial charge in [0.15, 0.2) is 0 Å². The molecule has 1 aliphatic rings. The molecule has 0 bridgehead atoms. The number of anilines is 3. The van der Waals surface area contributed by atoms with E-state index >= 15 is 0 Å². The molecular weight excluding hydrogens is 563 g/mol. The van der Waals surface area contributed by atoms with Gasteiger partial charge in [0, 0.05) is 11.4 Å². The van der Waals surface area contributed by atoms with E-state index in [0.717, 1.165) is 12.1 Å². The molecular formula is C29H23ClF3N3O5. The summed E-state index contributed by atoms with van der Waals surface area (Å²) in [4.78, 5) is 50.5. The summed E-state index contributed by atoms with van der Waals surface area (Å²) in [5.74, 6) is -2.63. The highest BCUT2D eigenvalue weighted by Crippen LogP contribution is 2.35. The molecule has 2 N–H and O–H groups in total. The molecule has 0 aromatic heterocycles. The molecule has 3 aromatic rings. The van der Waals surface area contributed by atoms with Gasteiger partial charge in [-0.3, -0.25) is 14.4 Å². The van der Waals surface area contributed by atoms with Crippen LogP contribution in [0.2, 0.25) is 0 Å². The molecule has 3 amide bonds. The van der Waals surface area contributed by atoms with E-state index in [1.165, 1.54) is 6.07 Å². The highest BCUT2D eigenvalue weighted by Gasteiger charge is 2.40. The third-order valence-corrected chi connectivity index (χ3v) is 6.24. The monoisotopic (exact) mass is 585 g/mol. The van der Waals surface area contributed by atoms with E-state index in [2.05, 4.69) is 10.6 Å². The van der Waals surface area contributed by atoms with Gasteiger partial charge >= 0.3 is 12.1 Å². The average molecular weight is 586 g/mol. The SMILES string of the molecule is CCCOC(=O)c1ccc(NC(=O)Cc2ccc(NC3=C(Cl)C(=O)N(c4cccc(C(F)(F)F)c4)C3=O)cc2)cc1. The van der Waals surface area contributed by atoms with Crippen LogP contribution in [-0.2, 0) is 31.7 Å². The Kier molecular flexibility index (Phi) is 8.77. The molecule has 1 heterocycles. The lowest BCUT2D eigenvalue weighted by Crippen LogP contribution is -2.32. The zero-order valence-electron chi connectivity index (χ0n) is 21.5. The fraction of sp³-hybridized carbons (Fsp3) is 0.172. The van der Waals surface area contributed by atoms with Crippen LogP contribution in [0.4, 0.5) is 30.2 Å². The number of rotatable bonds is 9. The molecule has 0 saturated carbocycles. The number of nitrogens with one attached hydrogen (secondary N) is 2. The number of ether oxygens (including phenoxy) is 1. The maximum Gasteiger partial charge on any atom is 0.416 e. The summed E-state index contributed by atoms with van der Waals surface area (Å²) >= 11 is 6.08. The standard InChI is InChI=1S/C29H23ClF3N3O5/c1-2-14-41-28(40)18-8-12-20(13-9-18)34-23(37)15-17-6-10-21(11-7-17)35-25-24(30)26(38)36(27(25)39)22-5-3-4-19(16-22)29(31,32)33/h3-13,16,35H,2,14-15H2,1H3,(H,34,37). The first-order valence-electron chi connectivity index (χ1n) is 12.4. The molecule has 0 aliphatic carbocycles. The third kappa shape index (κ3) is 6.93. The van der Waals surface area contributed by atoms with E-state index in [4.69, 9.17) is 16.3 Å². The molecule has 8 nitrogen and oxygen atoms in total. The lowest BCUT2D eigenvalue weighted by molar-refractivity contribution is -0.137. The molecule has 0 atom stereocenters. The number of nitrogens with zero attached hydrogens (tertiary/aromatic N) is 1. The number of halogens is 4. The van der Waals surface area contributed by atoms with Gasteiger partial charge in [-0.25, -0.2) is 9.69 Å². The summed E-state index contributed by atoms with van der Waals surface area (Å²) in [7, 11) is 0. The topological polar surface area (TPSA) is 105 Å². The van der Waals surface area contributed by atoms with Gasteiger partial charge in [-0.05, 0) is 66.6 Å². The Morgan fingerprint density at radius 1 is 0.927 bits per heavy atom. The van der Waals surface area contributed by atoms with Crippen molar-refractivity contribution in [1.82, 2.24) is 0 Å². The second-order valence-electron chi connectivity index (χ2n) is 8.94. The molecule has 41 heavy (non-hydrogen) atoms. The van der Waals surface area contributed by atoms with Crippen molar-refractivity contribution in [1.29, 1.82) is 0 Å². The highest BCUT2D eigenvalue weighted by molar-refractivity contribution is 6.53. The quantitative estimate of drug-likeness (QED) is 0.240. The van der Waals surface area contributed by atoms with Crippen LogP contribution in [0.1, 0.15) is 34.8 Å². The molecule has 0 spiro atoms. The van der Waals surface area contributed by atoms with Crippen molar-refractivity contribution in [2.45, 2.75) is 25.9 Å². The van der Waals surface area contributed by atoms with E-state index in [1.54, 1.807) is 48.5 Å². The number of imide groups is 1. The summed E-state index contributed by atoms with van der Waals surface area (Å²) in [5.41, 5.74) is 0.287. The minimum absolute atomic E-state index is 0.0186. The largest absolute Gasteiger partial charge is 0.462 e. The van der Waals surface area contributed by atoms with Crippen LogP contribution in [0.15, 0.2) is 83.5 Å². The Morgan fingerprint density at radius 3 is 2.22 bits per heavy atom. The van der Waals surface area contributed by atoms with Gasteiger partial charge in [-0.1, -0.05) is 36.7 Å². The number of benzene rings is 3. The lowest BCUT2D eigenvalue weighted by atomic mass is 10.1. The van der Waals surface area contributed by atoms with Gasteiger partial charge in [-0.15, -0.1) is 0 Å². The van der Waals surface area contributed by atoms with Crippen molar-refractivity contribution in [3.05, 3.63) is 100 Å². The molecule has 0 fully saturated rings. The number of alkyl halides is 3. The number of carbonyl (C=O) groups is 4. The first-order chi connectivity index (χ1) is 19.5. The van der Waals surface area contributed by atoms with E-state index < -0.39 is 34.6 Å². The van der Waals surface area contributed by atoms with Crippen LogP contribution in [0.25, 0.3) is 0 Å². The van der Waals surface area contributed by atoms with Gasteiger partial charge in [-0.2, -0.15) is 13.2 Å². The van der Waals surface area contributed by atoms with Gasteiger partial charge < -0.3 is 15.4 Å². The average Bonchev–Trinajstić information content (AvgIpc) is 3.15. The molecule has 0 radical (unpaired) electrons. The highest BCUT2D eigenvalue weighted by atomic mass is 35.5. The van der Waals surface area contributed by atoms with Crippen LogP contribution in [0.5, 0.6) is 0 Å². The summed E-state index contributed by atoms with van der Waals surface area (Å²) in [6, 6.07) is 16.5. The summed E-state index contributed by atoms with van der Waals surface area (Å²) in [6.07, 6.45) is -3.93. The Balaban J connectivity index is 1.37. The first-order valence-corrected chi connectivity index (χ1v) is 12.7. The second-order valence-corrected chi connectivity index (χ2v) is 9.32. The Bertz CT molecular complexity index is 1520. The van der Waals surface area contributed by atoms with Gasteiger partial charge in [0.05, 0.1) is 29.8 Å². The Morgan fingerprint density at radius 2 is 1.59 bits per heavy atom. The predicted octanol–water partition coefficient (Wildman–Crippen LogP) is 5.89. The second kappa shape index (κ2) is 12.3. The van der Waals surface area contributed by atoms with Gasteiger partial charge in [0.1, 0.15) is 10.7 Å². The number of carbonyl (C=O) groups excluding carboxylic acids is 4. The van der Waals surface area contributed by atoms with Crippen LogP contribution in [0, 0.1) is 0 Å². The number of hydrogen-bond acceptors (Lipinski definition) is 6. The predicted molar refractivity (Wildman–Crippen MR) is 146 cm³/mol. The maximum atomic E-state index is 13.1. The summed E-state index contributed by atoms with van der Waals surface area (Å²) < 4.78 is 44.4. The third-order valence-electron chi connectivity index (χ3n) is 5.89. The van der Waals surface area contributed by atoms with Gasteiger partial charge in [0.25, 0.3) is 11.8 Å². The number of amides is 3. The smallest absolute Gasteiger partial charge is 0.416 e. The molecule has 1 aliphatic heterocycles. The van der Waals surface area contributed by atoms with Crippen molar-refractivity contribution in [3.8, 4) is 0 Å². The normalized spacial score (nSPS) is 13.4. The van der Waals surface area contributed by atoms with E-state index in [9.17, 15) is 32.3 Å². The van der Waals surface area contributed by atoms with E-state index in [-0.39, 0.29) is 23.7 Å². The van der Waals surface area contributed by atoms with E-state index in [0.29, 0.717) is 46.5 Å². The Hall–Kier alpha value is -4.64. The minimum Gasteiger partial charge on any atom is -0.462 e. The first kappa shape index (κ1) is 29.3. The van der Waals surface area contributed by atoms with Crippen molar-refractivity contribution in [2.75, 3.05) is 22.1 Å². The van der Waals surface area contributed by atoms with Crippen LogP contribution in [-0.4, -0.2) is 30.3 Å². The summed E-state index contributed by atoms with van der Waals surface area (Å²) in [6.45, 7) is 2.21. The molecule has 4 rings (SSSR count). The molecule has 12 heteroatoms. The zero-order chi connectivity index (χ0) is 29.7. The van der Waals surface area contributed by atoms with Crippen molar-refractivity contribution >= 4 is 52.4 Å². The van der Waals surface area contributed by atoms with Crippen LogP contribution in [0.3, 0.4) is 0 Å². The summed E-state index contributed by atoms with van der Waals surface area (Å²) in [5, 5.41) is 5.00. The van der Waals surface area contributed by atoms with Crippen molar-refractivity contribution in [3.63, 3.8) is 0 Å². The zero-order valence-corrected chi connectivity index (χ0v) is 22.3. The molecule has 0 saturated heterocycles. The molecule has 0 unspecified atom stereocenters. The maximum absolute atomic E-state index is 13.1. The fourth-order valence-electron chi connectivity index (χ4n) is 3.88. The molecule has 212 valence electrons. The van der Waals surface area contributed by atoms with Crippen LogP contribution >= 0.6 is 11.6 Å². The number of esters is 1.